The summed E-state index contributed by atoms with van der Waals surface area (Å²) in [7, 11) is 0. The molecule has 0 amide bonds. The first-order valence-corrected chi connectivity index (χ1v) is 4.77. The van der Waals surface area contributed by atoms with E-state index in [1.54, 1.807) is 12.1 Å². The highest BCUT2D eigenvalue weighted by Gasteiger charge is 2.34. The van der Waals surface area contributed by atoms with Crippen molar-refractivity contribution in [3.63, 3.8) is 0 Å². The number of ether oxygens (including phenoxy) is 1. The summed E-state index contributed by atoms with van der Waals surface area (Å²) in [6.45, 7) is 0.765. The van der Waals surface area contributed by atoms with Crippen LogP contribution in [0.4, 0.5) is 4.39 Å². The van der Waals surface area contributed by atoms with Crippen LogP contribution in [0.3, 0.4) is 0 Å². The van der Waals surface area contributed by atoms with E-state index in [0.29, 0.717) is 18.6 Å². The van der Waals surface area contributed by atoms with E-state index in [2.05, 4.69) is 0 Å². The minimum absolute atomic E-state index is 0.123. The molecule has 14 heavy (non-hydrogen) atoms. The van der Waals surface area contributed by atoms with Gasteiger partial charge in [0.15, 0.2) is 5.67 Å². The maximum absolute atomic E-state index is 14.2. The predicted octanol–water partition coefficient (Wildman–Crippen LogP) is 2.37. The minimum Gasteiger partial charge on any atom is -0.508 e. The summed E-state index contributed by atoms with van der Waals surface area (Å²) >= 11 is 0. The topological polar surface area (TPSA) is 29.5 Å². The second-order valence-electron chi connectivity index (χ2n) is 3.67. The van der Waals surface area contributed by atoms with Crippen LogP contribution in [-0.4, -0.2) is 18.3 Å². The largest absolute Gasteiger partial charge is 0.508 e. The van der Waals surface area contributed by atoms with Crippen molar-refractivity contribution in [2.45, 2.75) is 18.5 Å². The number of phenols is 1. The Morgan fingerprint density at radius 3 is 2.57 bits per heavy atom. The lowest BCUT2D eigenvalue weighted by Gasteiger charge is -2.29. The molecule has 2 rings (SSSR count). The Morgan fingerprint density at radius 2 is 2.00 bits per heavy atom. The van der Waals surface area contributed by atoms with E-state index in [0.717, 1.165) is 6.42 Å². The fourth-order valence-corrected chi connectivity index (χ4v) is 1.75. The summed E-state index contributed by atoms with van der Waals surface area (Å²) in [5, 5.41) is 9.09. The summed E-state index contributed by atoms with van der Waals surface area (Å²) in [4.78, 5) is 0. The number of hydrogen-bond donors (Lipinski definition) is 1. The Kier molecular flexibility index (Phi) is 2.42. The third-order valence-corrected chi connectivity index (χ3v) is 2.58. The van der Waals surface area contributed by atoms with Gasteiger partial charge in [0.05, 0.1) is 6.61 Å². The number of alkyl halides is 1. The molecule has 0 aliphatic carbocycles. The van der Waals surface area contributed by atoms with Crippen LogP contribution in [0.1, 0.15) is 18.4 Å². The lowest BCUT2D eigenvalue weighted by molar-refractivity contribution is -0.0347. The van der Waals surface area contributed by atoms with Crippen LogP contribution in [0.25, 0.3) is 0 Å². The average molecular weight is 196 g/mol. The van der Waals surface area contributed by atoms with Gasteiger partial charge >= 0.3 is 0 Å². The molecule has 1 aliphatic rings. The zero-order valence-corrected chi connectivity index (χ0v) is 7.87. The highest BCUT2D eigenvalue weighted by molar-refractivity contribution is 5.30. The Balaban J connectivity index is 2.23. The molecule has 1 aliphatic heterocycles. The summed E-state index contributed by atoms with van der Waals surface area (Å²) in [6, 6.07) is 6.24. The molecule has 1 fully saturated rings. The summed E-state index contributed by atoms with van der Waals surface area (Å²) in [6.07, 6.45) is 1.25. The number of halogens is 1. The molecule has 1 heterocycles. The SMILES string of the molecule is Oc1ccc(C2(F)CCCOC2)cc1. The molecule has 1 unspecified atom stereocenters. The third-order valence-electron chi connectivity index (χ3n) is 2.58. The first-order chi connectivity index (χ1) is 6.71. The smallest absolute Gasteiger partial charge is 0.159 e. The Labute approximate surface area is 82.3 Å². The third kappa shape index (κ3) is 1.73. The molecule has 3 heteroatoms. The van der Waals surface area contributed by atoms with E-state index in [4.69, 9.17) is 9.84 Å². The van der Waals surface area contributed by atoms with Gasteiger partial charge in [-0.1, -0.05) is 12.1 Å². The van der Waals surface area contributed by atoms with E-state index in [9.17, 15) is 4.39 Å². The van der Waals surface area contributed by atoms with Crippen LogP contribution in [0.15, 0.2) is 24.3 Å². The lowest BCUT2D eigenvalue weighted by atomic mass is 9.90. The molecule has 76 valence electrons. The van der Waals surface area contributed by atoms with E-state index < -0.39 is 5.67 Å². The maximum Gasteiger partial charge on any atom is 0.159 e. The van der Waals surface area contributed by atoms with Gasteiger partial charge in [-0.15, -0.1) is 0 Å². The highest BCUT2D eigenvalue weighted by Crippen LogP contribution is 2.34. The van der Waals surface area contributed by atoms with Gasteiger partial charge in [0, 0.05) is 6.61 Å². The van der Waals surface area contributed by atoms with Crippen LogP contribution >= 0.6 is 0 Å². The first-order valence-electron chi connectivity index (χ1n) is 4.77. The molecular weight excluding hydrogens is 183 g/mol. The number of phenolic OH excluding ortho intramolecular Hbond substituents is 1. The minimum atomic E-state index is -1.37. The van der Waals surface area contributed by atoms with Gasteiger partial charge in [0.25, 0.3) is 0 Å². The lowest BCUT2D eigenvalue weighted by Crippen LogP contribution is -2.31. The second-order valence-corrected chi connectivity index (χ2v) is 3.67. The van der Waals surface area contributed by atoms with Crippen molar-refractivity contribution < 1.29 is 14.2 Å². The molecule has 0 saturated carbocycles. The number of benzene rings is 1. The molecule has 2 nitrogen and oxygen atoms in total. The molecule has 0 bridgehead atoms. The average Bonchev–Trinajstić information content (AvgIpc) is 2.19. The van der Waals surface area contributed by atoms with Gasteiger partial charge < -0.3 is 9.84 Å². The van der Waals surface area contributed by atoms with Crippen molar-refractivity contribution in [3.05, 3.63) is 29.8 Å². The summed E-state index contributed by atoms with van der Waals surface area (Å²) in [5.74, 6) is 0.161. The van der Waals surface area contributed by atoms with Gasteiger partial charge in [-0.05, 0) is 30.5 Å². The van der Waals surface area contributed by atoms with Gasteiger partial charge in [0.2, 0.25) is 0 Å². The van der Waals surface area contributed by atoms with E-state index >= 15 is 0 Å². The van der Waals surface area contributed by atoms with Crippen LogP contribution < -0.4 is 0 Å². The van der Waals surface area contributed by atoms with Crippen molar-refractivity contribution in [3.8, 4) is 5.75 Å². The Hall–Kier alpha value is -1.09. The number of hydrogen-bond acceptors (Lipinski definition) is 2. The molecule has 0 aromatic heterocycles. The molecule has 1 saturated heterocycles. The van der Waals surface area contributed by atoms with Gasteiger partial charge in [-0.3, -0.25) is 0 Å². The van der Waals surface area contributed by atoms with Crippen molar-refractivity contribution in [1.82, 2.24) is 0 Å². The van der Waals surface area contributed by atoms with Gasteiger partial charge in [0.1, 0.15) is 5.75 Å². The van der Waals surface area contributed by atoms with Crippen molar-refractivity contribution in [2.75, 3.05) is 13.2 Å². The van der Waals surface area contributed by atoms with E-state index in [-0.39, 0.29) is 12.4 Å². The van der Waals surface area contributed by atoms with Crippen molar-refractivity contribution in [2.24, 2.45) is 0 Å². The fourth-order valence-electron chi connectivity index (χ4n) is 1.75. The van der Waals surface area contributed by atoms with Gasteiger partial charge in [-0.2, -0.15) is 0 Å². The van der Waals surface area contributed by atoms with Crippen LogP contribution in [0.2, 0.25) is 0 Å². The maximum atomic E-state index is 14.2. The quantitative estimate of drug-likeness (QED) is 0.747. The Bertz CT molecular complexity index is 302. The molecular formula is C11H13FO2. The number of aromatic hydroxyl groups is 1. The molecule has 1 aromatic carbocycles. The molecule has 0 radical (unpaired) electrons. The summed E-state index contributed by atoms with van der Waals surface area (Å²) in [5.41, 5.74) is -0.777. The monoisotopic (exact) mass is 196 g/mol. The van der Waals surface area contributed by atoms with Crippen molar-refractivity contribution >= 4 is 0 Å². The molecule has 1 N–H and O–H groups in total. The van der Waals surface area contributed by atoms with E-state index in [1.807, 2.05) is 0 Å². The highest BCUT2D eigenvalue weighted by atomic mass is 19.1. The zero-order chi connectivity index (χ0) is 10.0. The zero-order valence-electron chi connectivity index (χ0n) is 7.87. The molecule has 1 aromatic rings. The van der Waals surface area contributed by atoms with Gasteiger partial charge in [-0.25, -0.2) is 4.39 Å². The summed E-state index contributed by atoms with van der Waals surface area (Å²) < 4.78 is 19.4. The van der Waals surface area contributed by atoms with E-state index in [1.165, 1.54) is 12.1 Å². The standard InChI is InChI=1S/C11H13FO2/c12-11(6-1-7-14-8-11)9-2-4-10(13)5-3-9/h2-5,13H,1,6-8H2. The van der Waals surface area contributed by atoms with Crippen LogP contribution in [0, 0.1) is 0 Å². The predicted molar refractivity (Wildman–Crippen MR) is 50.9 cm³/mol. The normalized spacial score (nSPS) is 27.5. The number of rotatable bonds is 1. The van der Waals surface area contributed by atoms with Crippen molar-refractivity contribution in [1.29, 1.82) is 0 Å². The molecule has 1 atom stereocenters. The first kappa shape index (κ1) is 9.46. The second kappa shape index (κ2) is 3.58. The molecule has 0 spiro atoms. The van der Waals surface area contributed by atoms with Crippen LogP contribution in [-0.2, 0) is 10.4 Å². The Morgan fingerprint density at radius 1 is 1.29 bits per heavy atom. The van der Waals surface area contributed by atoms with Crippen LogP contribution in [0.5, 0.6) is 5.75 Å². The fraction of sp³-hybridized carbons (Fsp3) is 0.455.